The molecule has 1 saturated carbocycles. The standard InChI is InChI=1S/C15H22N2O2/c1-12-5-6-13(9-14(12)17(18)19)10-16-11-15(2)7-3-4-8-15/h5-6,9,16H,3-4,7-8,10-11H2,1-2H3. The van der Waals surface area contributed by atoms with Crippen molar-refractivity contribution in [3.63, 3.8) is 0 Å². The molecule has 104 valence electrons. The first kappa shape index (κ1) is 14.0. The Morgan fingerprint density at radius 3 is 2.68 bits per heavy atom. The van der Waals surface area contributed by atoms with Crippen LogP contribution in [0.3, 0.4) is 0 Å². The van der Waals surface area contributed by atoms with Crippen LogP contribution in [-0.4, -0.2) is 11.5 Å². The fraction of sp³-hybridized carbons (Fsp3) is 0.600. The molecule has 0 bridgehead atoms. The van der Waals surface area contributed by atoms with Crippen LogP contribution in [0, 0.1) is 22.5 Å². The van der Waals surface area contributed by atoms with Gasteiger partial charge in [-0.25, -0.2) is 0 Å². The predicted octanol–water partition coefficient (Wildman–Crippen LogP) is 3.57. The predicted molar refractivity (Wildman–Crippen MR) is 76.1 cm³/mol. The molecule has 1 N–H and O–H groups in total. The van der Waals surface area contributed by atoms with Crippen molar-refractivity contribution in [3.8, 4) is 0 Å². The summed E-state index contributed by atoms with van der Waals surface area (Å²) < 4.78 is 0. The van der Waals surface area contributed by atoms with Crippen molar-refractivity contribution in [2.45, 2.75) is 46.1 Å². The van der Waals surface area contributed by atoms with Crippen LogP contribution in [0.5, 0.6) is 0 Å². The van der Waals surface area contributed by atoms with Crippen molar-refractivity contribution in [1.29, 1.82) is 0 Å². The Hall–Kier alpha value is -1.42. The van der Waals surface area contributed by atoms with Crippen LogP contribution in [0.25, 0.3) is 0 Å². The lowest BCUT2D eigenvalue weighted by Crippen LogP contribution is -2.29. The molecule has 0 amide bonds. The van der Waals surface area contributed by atoms with Gasteiger partial charge in [-0.05, 0) is 30.7 Å². The van der Waals surface area contributed by atoms with Crippen LogP contribution >= 0.6 is 0 Å². The minimum Gasteiger partial charge on any atom is -0.312 e. The lowest BCUT2D eigenvalue weighted by Gasteiger charge is -2.23. The molecule has 0 heterocycles. The van der Waals surface area contributed by atoms with E-state index in [0.717, 1.165) is 17.7 Å². The van der Waals surface area contributed by atoms with Gasteiger partial charge in [0.15, 0.2) is 0 Å². The van der Waals surface area contributed by atoms with Crippen molar-refractivity contribution in [1.82, 2.24) is 5.32 Å². The van der Waals surface area contributed by atoms with E-state index in [2.05, 4.69) is 12.2 Å². The highest BCUT2D eigenvalue weighted by molar-refractivity contribution is 5.42. The molecular formula is C15H22N2O2. The summed E-state index contributed by atoms with van der Waals surface area (Å²) in [5.74, 6) is 0. The highest BCUT2D eigenvalue weighted by Crippen LogP contribution is 2.36. The monoisotopic (exact) mass is 262 g/mol. The summed E-state index contributed by atoms with van der Waals surface area (Å²) in [5.41, 5.74) is 2.33. The number of hydrogen-bond donors (Lipinski definition) is 1. The molecule has 0 aliphatic heterocycles. The Morgan fingerprint density at radius 1 is 1.37 bits per heavy atom. The molecule has 4 nitrogen and oxygen atoms in total. The van der Waals surface area contributed by atoms with Crippen molar-refractivity contribution in [2.75, 3.05) is 6.54 Å². The SMILES string of the molecule is Cc1ccc(CNCC2(C)CCCC2)cc1[N+](=O)[O-]. The Balaban J connectivity index is 1.92. The van der Waals surface area contributed by atoms with Crippen LogP contribution in [0.15, 0.2) is 18.2 Å². The zero-order chi connectivity index (χ0) is 13.9. The van der Waals surface area contributed by atoms with E-state index >= 15 is 0 Å². The number of nitrogens with zero attached hydrogens (tertiary/aromatic N) is 1. The average Bonchev–Trinajstić information content (AvgIpc) is 2.78. The highest BCUT2D eigenvalue weighted by atomic mass is 16.6. The van der Waals surface area contributed by atoms with Gasteiger partial charge in [0.05, 0.1) is 4.92 Å². The van der Waals surface area contributed by atoms with Crippen LogP contribution in [0.1, 0.15) is 43.7 Å². The Labute approximate surface area is 114 Å². The second-order valence-corrected chi connectivity index (χ2v) is 6.00. The third-order valence-electron chi connectivity index (χ3n) is 4.16. The molecule has 1 fully saturated rings. The molecule has 0 aromatic heterocycles. The van der Waals surface area contributed by atoms with Crippen molar-refractivity contribution in [3.05, 3.63) is 39.4 Å². The van der Waals surface area contributed by atoms with E-state index < -0.39 is 0 Å². The highest BCUT2D eigenvalue weighted by Gasteiger charge is 2.27. The molecule has 1 aromatic rings. The van der Waals surface area contributed by atoms with E-state index in [9.17, 15) is 10.1 Å². The maximum Gasteiger partial charge on any atom is 0.272 e. The first-order valence-electron chi connectivity index (χ1n) is 6.95. The van der Waals surface area contributed by atoms with E-state index in [0.29, 0.717) is 12.0 Å². The van der Waals surface area contributed by atoms with Crippen LogP contribution < -0.4 is 5.32 Å². The van der Waals surface area contributed by atoms with Crippen molar-refractivity contribution in [2.24, 2.45) is 5.41 Å². The van der Waals surface area contributed by atoms with Crippen molar-refractivity contribution < 1.29 is 4.92 Å². The fourth-order valence-corrected chi connectivity index (χ4v) is 2.88. The summed E-state index contributed by atoms with van der Waals surface area (Å²) in [6.07, 6.45) is 5.23. The van der Waals surface area contributed by atoms with E-state index in [-0.39, 0.29) is 10.6 Å². The number of nitro groups is 1. The largest absolute Gasteiger partial charge is 0.312 e. The van der Waals surface area contributed by atoms with E-state index in [1.165, 1.54) is 25.7 Å². The third kappa shape index (κ3) is 3.53. The molecule has 4 heteroatoms. The third-order valence-corrected chi connectivity index (χ3v) is 4.16. The summed E-state index contributed by atoms with van der Waals surface area (Å²) in [6, 6.07) is 5.47. The number of hydrogen-bond acceptors (Lipinski definition) is 3. The van der Waals surface area contributed by atoms with E-state index in [1.54, 1.807) is 13.0 Å². The van der Waals surface area contributed by atoms with Gasteiger partial charge in [0.1, 0.15) is 0 Å². The zero-order valence-electron chi connectivity index (χ0n) is 11.7. The maximum absolute atomic E-state index is 10.9. The minimum absolute atomic E-state index is 0.214. The summed E-state index contributed by atoms with van der Waals surface area (Å²) in [5, 5.41) is 14.3. The molecular weight excluding hydrogens is 240 g/mol. The van der Waals surface area contributed by atoms with Crippen LogP contribution in [-0.2, 0) is 6.54 Å². The van der Waals surface area contributed by atoms with Gasteiger partial charge in [-0.15, -0.1) is 0 Å². The summed E-state index contributed by atoms with van der Waals surface area (Å²) >= 11 is 0. The lowest BCUT2D eigenvalue weighted by atomic mass is 9.89. The van der Waals surface area contributed by atoms with Gasteiger partial charge in [-0.3, -0.25) is 10.1 Å². The second kappa shape index (κ2) is 5.70. The summed E-state index contributed by atoms with van der Waals surface area (Å²) in [4.78, 5) is 10.6. The van der Waals surface area contributed by atoms with Gasteiger partial charge >= 0.3 is 0 Å². The summed E-state index contributed by atoms with van der Waals surface area (Å²) in [6.45, 7) is 5.80. The van der Waals surface area contributed by atoms with Gasteiger partial charge in [-0.1, -0.05) is 31.9 Å². The molecule has 1 aliphatic carbocycles. The molecule has 2 rings (SSSR count). The molecule has 0 spiro atoms. The average molecular weight is 262 g/mol. The molecule has 0 radical (unpaired) electrons. The normalized spacial score (nSPS) is 17.6. The number of nitrogens with one attached hydrogen (secondary N) is 1. The van der Waals surface area contributed by atoms with Gasteiger partial charge in [0, 0.05) is 24.7 Å². The summed E-state index contributed by atoms with van der Waals surface area (Å²) in [7, 11) is 0. The molecule has 0 atom stereocenters. The van der Waals surface area contributed by atoms with E-state index in [1.807, 2.05) is 12.1 Å². The number of benzene rings is 1. The Morgan fingerprint density at radius 2 is 2.05 bits per heavy atom. The number of nitro benzene ring substituents is 1. The molecule has 0 saturated heterocycles. The topological polar surface area (TPSA) is 55.2 Å². The number of rotatable bonds is 5. The van der Waals surface area contributed by atoms with E-state index in [4.69, 9.17) is 0 Å². The quantitative estimate of drug-likeness (QED) is 0.652. The minimum atomic E-state index is -0.308. The molecule has 0 unspecified atom stereocenters. The van der Waals surface area contributed by atoms with Gasteiger partial charge in [-0.2, -0.15) is 0 Å². The van der Waals surface area contributed by atoms with Gasteiger partial charge in [0.25, 0.3) is 5.69 Å². The first-order valence-corrected chi connectivity index (χ1v) is 6.95. The van der Waals surface area contributed by atoms with Crippen molar-refractivity contribution >= 4 is 5.69 Å². The van der Waals surface area contributed by atoms with Gasteiger partial charge < -0.3 is 5.32 Å². The molecule has 1 aromatic carbocycles. The Bertz CT molecular complexity index is 465. The van der Waals surface area contributed by atoms with Crippen LogP contribution in [0.2, 0.25) is 0 Å². The molecule has 19 heavy (non-hydrogen) atoms. The fourth-order valence-electron chi connectivity index (χ4n) is 2.88. The number of aryl methyl sites for hydroxylation is 1. The second-order valence-electron chi connectivity index (χ2n) is 6.00. The first-order chi connectivity index (χ1) is 9.00. The van der Waals surface area contributed by atoms with Crippen LogP contribution in [0.4, 0.5) is 5.69 Å². The Kier molecular flexibility index (Phi) is 4.20. The molecule has 1 aliphatic rings. The maximum atomic E-state index is 10.9. The van der Waals surface area contributed by atoms with Gasteiger partial charge in [0.2, 0.25) is 0 Å². The zero-order valence-corrected chi connectivity index (χ0v) is 11.7. The smallest absolute Gasteiger partial charge is 0.272 e. The lowest BCUT2D eigenvalue weighted by molar-refractivity contribution is -0.385.